The maximum atomic E-state index is 2.67. The molecule has 0 radical (unpaired) electrons. The van der Waals surface area contributed by atoms with Gasteiger partial charge in [0.1, 0.15) is 0 Å². The average Bonchev–Trinajstić information content (AvgIpc) is 2.74. The van der Waals surface area contributed by atoms with Crippen molar-refractivity contribution in [1.82, 2.24) is 4.90 Å². The summed E-state index contributed by atoms with van der Waals surface area (Å²) in [5.74, 6) is 0. The molecule has 1 aliphatic carbocycles. The molecule has 1 heteroatoms. The molecule has 1 saturated carbocycles. The molecule has 2 aliphatic rings. The van der Waals surface area contributed by atoms with Gasteiger partial charge in [0.2, 0.25) is 0 Å². The smallest absolute Gasteiger partial charge is 0.0233 e. The Balaban J connectivity index is 1.60. The summed E-state index contributed by atoms with van der Waals surface area (Å²) in [4.78, 5) is 2.67. The zero-order chi connectivity index (χ0) is 11.6. The minimum Gasteiger partial charge on any atom is -0.299 e. The van der Waals surface area contributed by atoms with Gasteiger partial charge in [-0.05, 0) is 36.8 Å². The maximum Gasteiger partial charge on any atom is 0.0233 e. The summed E-state index contributed by atoms with van der Waals surface area (Å²) in [6, 6.07) is 10.9. The first-order chi connectivity index (χ1) is 8.36. The molecule has 0 amide bonds. The summed E-state index contributed by atoms with van der Waals surface area (Å²) in [5, 5.41) is 0. The molecule has 1 spiro atoms. The minimum absolute atomic E-state index is 0.701. The third-order valence-corrected chi connectivity index (χ3v) is 4.68. The molecule has 3 rings (SSSR count). The maximum absolute atomic E-state index is 2.67. The van der Waals surface area contributed by atoms with Gasteiger partial charge in [-0.2, -0.15) is 0 Å². The van der Waals surface area contributed by atoms with Crippen LogP contribution in [-0.2, 0) is 6.54 Å². The molecule has 1 aliphatic heterocycles. The van der Waals surface area contributed by atoms with Crippen molar-refractivity contribution in [3.05, 3.63) is 35.9 Å². The molecule has 1 nitrogen and oxygen atoms in total. The SMILES string of the molecule is c1ccc(CN2CCC3(CCCCC3)C2)cc1. The lowest BCUT2D eigenvalue weighted by Gasteiger charge is -2.33. The number of benzene rings is 1. The third kappa shape index (κ3) is 2.55. The third-order valence-electron chi connectivity index (χ3n) is 4.68. The summed E-state index contributed by atoms with van der Waals surface area (Å²) in [5.41, 5.74) is 2.17. The van der Waals surface area contributed by atoms with E-state index < -0.39 is 0 Å². The lowest BCUT2D eigenvalue weighted by Crippen LogP contribution is -2.28. The second kappa shape index (κ2) is 4.81. The molecule has 0 unspecified atom stereocenters. The molecule has 0 N–H and O–H groups in total. The van der Waals surface area contributed by atoms with Crippen LogP contribution in [0, 0.1) is 5.41 Å². The van der Waals surface area contributed by atoms with Gasteiger partial charge in [0, 0.05) is 13.1 Å². The van der Waals surface area contributed by atoms with Crippen molar-refractivity contribution >= 4 is 0 Å². The van der Waals surface area contributed by atoms with Gasteiger partial charge in [-0.3, -0.25) is 4.90 Å². The molecule has 0 atom stereocenters. The first-order valence-corrected chi connectivity index (χ1v) is 7.13. The standard InChI is InChI=1S/C16H23N/c1-3-7-15(8-4-1)13-17-12-11-16(14-17)9-5-2-6-10-16/h1,3-4,7-8H,2,5-6,9-14H2. The van der Waals surface area contributed by atoms with Crippen molar-refractivity contribution in [1.29, 1.82) is 0 Å². The molecule has 1 heterocycles. The second-order valence-electron chi connectivity index (χ2n) is 6.01. The Morgan fingerprint density at radius 3 is 2.47 bits per heavy atom. The van der Waals surface area contributed by atoms with Crippen molar-refractivity contribution in [3.63, 3.8) is 0 Å². The minimum atomic E-state index is 0.701. The number of hydrogen-bond acceptors (Lipinski definition) is 1. The fourth-order valence-corrected chi connectivity index (χ4v) is 3.71. The van der Waals surface area contributed by atoms with Crippen molar-refractivity contribution in [2.75, 3.05) is 13.1 Å². The molecule has 1 saturated heterocycles. The summed E-state index contributed by atoms with van der Waals surface area (Å²) in [6.45, 7) is 3.82. The van der Waals surface area contributed by atoms with E-state index in [1.54, 1.807) is 0 Å². The van der Waals surface area contributed by atoms with Crippen LogP contribution in [0.15, 0.2) is 30.3 Å². The van der Waals surface area contributed by atoms with Crippen molar-refractivity contribution in [2.45, 2.75) is 45.1 Å². The topological polar surface area (TPSA) is 3.24 Å². The van der Waals surface area contributed by atoms with Gasteiger partial charge in [-0.1, -0.05) is 49.6 Å². The van der Waals surface area contributed by atoms with Crippen LogP contribution < -0.4 is 0 Å². The van der Waals surface area contributed by atoms with Gasteiger partial charge in [-0.25, -0.2) is 0 Å². The highest BCUT2D eigenvalue weighted by molar-refractivity contribution is 5.14. The van der Waals surface area contributed by atoms with Crippen LogP contribution >= 0.6 is 0 Å². The Kier molecular flexibility index (Phi) is 3.19. The lowest BCUT2D eigenvalue weighted by molar-refractivity contribution is 0.183. The van der Waals surface area contributed by atoms with Crippen molar-refractivity contribution < 1.29 is 0 Å². The molecule has 0 bridgehead atoms. The highest BCUT2D eigenvalue weighted by atomic mass is 15.2. The Morgan fingerprint density at radius 2 is 1.71 bits per heavy atom. The van der Waals surface area contributed by atoms with Crippen LogP contribution in [0.5, 0.6) is 0 Å². The van der Waals surface area contributed by atoms with E-state index in [1.165, 1.54) is 57.2 Å². The van der Waals surface area contributed by atoms with Crippen LogP contribution in [0.4, 0.5) is 0 Å². The Hall–Kier alpha value is -0.820. The van der Waals surface area contributed by atoms with Crippen LogP contribution in [0.3, 0.4) is 0 Å². The molecule has 1 aromatic carbocycles. The van der Waals surface area contributed by atoms with Crippen LogP contribution in [0.1, 0.15) is 44.1 Å². The average molecular weight is 229 g/mol. The van der Waals surface area contributed by atoms with Crippen LogP contribution in [-0.4, -0.2) is 18.0 Å². The highest BCUT2D eigenvalue weighted by Crippen LogP contribution is 2.43. The Labute approximate surface area is 105 Å². The highest BCUT2D eigenvalue weighted by Gasteiger charge is 2.38. The second-order valence-corrected chi connectivity index (χ2v) is 6.01. The van der Waals surface area contributed by atoms with E-state index in [0.29, 0.717) is 5.41 Å². The van der Waals surface area contributed by atoms with Gasteiger partial charge in [0.15, 0.2) is 0 Å². The first kappa shape index (κ1) is 11.3. The summed E-state index contributed by atoms with van der Waals surface area (Å²) in [7, 11) is 0. The van der Waals surface area contributed by atoms with E-state index in [4.69, 9.17) is 0 Å². The molecule has 1 aromatic rings. The normalized spacial score (nSPS) is 24.2. The summed E-state index contributed by atoms with van der Waals surface area (Å²) < 4.78 is 0. The van der Waals surface area contributed by atoms with Gasteiger partial charge < -0.3 is 0 Å². The number of nitrogens with zero attached hydrogens (tertiary/aromatic N) is 1. The predicted octanol–water partition coefficient (Wildman–Crippen LogP) is 3.84. The molecular formula is C16H23N. The molecular weight excluding hydrogens is 206 g/mol. The fraction of sp³-hybridized carbons (Fsp3) is 0.625. The van der Waals surface area contributed by atoms with Gasteiger partial charge in [0.25, 0.3) is 0 Å². The van der Waals surface area contributed by atoms with Crippen LogP contribution in [0.25, 0.3) is 0 Å². The van der Waals surface area contributed by atoms with E-state index in [0.717, 1.165) is 6.54 Å². The van der Waals surface area contributed by atoms with E-state index in [-0.39, 0.29) is 0 Å². The van der Waals surface area contributed by atoms with Gasteiger partial charge in [-0.15, -0.1) is 0 Å². The monoisotopic (exact) mass is 229 g/mol. The van der Waals surface area contributed by atoms with Gasteiger partial charge in [0.05, 0.1) is 0 Å². The van der Waals surface area contributed by atoms with Crippen molar-refractivity contribution in [2.24, 2.45) is 5.41 Å². The largest absolute Gasteiger partial charge is 0.299 e. The molecule has 17 heavy (non-hydrogen) atoms. The Bertz CT molecular complexity index is 351. The number of hydrogen-bond donors (Lipinski definition) is 0. The molecule has 92 valence electrons. The summed E-state index contributed by atoms with van der Waals surface area (Å²) in [6.07, 6.45) is 8.83. The zero-order valence-corrected chi connectivity index (χ0v) is 10.7. The Morgan fingerprint density at radius 1 is 0.941 bits per heavy atom. The lowest BCUT2D eigenvalue weighted by atomic mass is 9.73. The first-order valence-electron chi connectivity index (χ1n) is 7.13. The van der Waals surface area contributed by atoms with Crippen molar-refractivity contribution in [3.8, 4) is 0 Å². The predicted molar refractivity (Wildman–Crippen MR) is 71.9 cm³/mol. The number of rotatable bonds is 2. The quantitative estimate of drug-likeness (QED) is 0.744. The van der Waals surface area contributed by atoms with Crippen LogP contribution in [0.2, 0.25) is 0 Å². The summed E-state index contributed by atoms with van der Waals surface area (Å²) >= 11 is 0. The van der Waals surface area contributed by atoms with E-state index >= 15 is 0 Å². The molecule has 2 fully saturated rings. The number of likely N-dealkylation sites (tertiary alicyclic amines) is 1. The van der Waals surface area contributed by atoms with E-state index in [2.05, 4.69) is 35.2 Å². The molecule has 0 aromatic heterocycles. The van der Waals surface area contributed by atoms with E-state index in [9.17, 15) is 0 Å². The fourth-order valence-electron chi connectivity index (χ4n) is 3.71. The van der Waals surface area contributed by atoms with E-state index in [1.807, 2.05) is 0 Å². The van der Waals surface area contributed by atoms with Gasteiger partial charge >= 0.3 is 0 Å². The zero-order valence-electron chi connectivity index (χ0n) is 10.7.